The van der Waals surface area contributed by atoms with Gasteiger partial charge in [0, 0.05) is 38.1 Å². The lowest BCUT2D eigenvalue weighted by molar-refractivity contribution is -0.143. The predicted octanol–water partition coefficient (Wildman–Crippen LogP) is 4.62. The SMILES string of the molecule is COc1cc(CC(=O)Nc2ccc(C(CC(=O)O)N(C)C(=O)C3CCOCC3)cn2)ccc1NC(=O)Nc1ccccc1C. The molecule has 3 aromatic rings. The molecule has 1 atom stereocenters. The summed E-state index contributed by atoms with van der Waals surface area (Å²) in [5.74, 6) is -1.04. The second-order valence-corrected chi connectivity index (χ2v) is 10.6. The highest BCUT2D eigenvalue weighted by Crippen LogP contribution is 2.29. The molecule has 1 aliphatic rings. The van der Waals surface area contributed by atoms with Gasteiger partial charge in [0.2, 0.25) is 11.8 Å². The van der Waals surface area contributed by atoms with E-state index in [0.29, 0.717) is 54.3 Å². The van der Waals surface area contributed by atoms with Gasteiger partial charge in [0.15, 0.2) is 0 Å². The van der Waals surface area contributed by atoms with Crippen LogP contribution in [0, 0.1) is 12.8 Å². The molecule has 44 heavy (non-hydrogen) atoms. The largest absolute Gasteiger partial charge is 0.495 e. The summed E-state index contributed by atoms with van der Waals surface area (Å²) in [7, 11) is 3.08. The number of urea groups is 1. The highest BCUT2D eigenvalue weighted by molar-refractivity contribution is 6.01. The van der Waals surface area contributed by atoms with E-state index in [1.54, 1.807) is 43.4 Å². The van der Waals surface area contributed by atoms with E-state index in [1.807, 2.05) is 25.1 Å². The minimum atomic E-state index is -1.04. The average molecular weight is 604 g/mol. The number of hydrogen-bond acceptors (Lipinski definition) is 7. The van der Waals surface area contributed by atoms with Crippen LogP contribution < -0.4 is 20.7 Å². The molecule has 0 radical (unpaired) electrons. The third-order valence-corrected chi connectivity index (χ3v) is 7.46. The van der Waals surface area contributed by atoms with Crippen molar-refractivity contribution in [3.63, 3.8) is 0 Å². The fourth-order valence-corrected chi connectivity index (χ4v) is 5.02. The number of anilines is 3. The zero-order chi connectivity index (χ0) is 31.6. The maximum atomic E-state index is 13.1. The Morgan fingerprint density at radius 3 is 2.41 bits per heavy atom. The van der Waals surface area contributed by atoms with E-state index < -0.39 is 18.0 Å². The average Bonchev–Trinajstić information content (AvgIpc) is 3.01. The molecule has 12 nitrogen and oxygen atoms in total. The van der Waals surface area contributed by atoms with E-state index in [0.717, 1.165) is 5.56 Å². The van der Waals surface area contributed by atoms with E-state index in [-0.39, 0.29) is 36.4 Å². The number of nitrogens with zero attached hydrogens (tertiary/aromatic N) is 2. The molecule has 232 valence electrons. The molecular formula is C32H37N5O7. The summed E-state index contributed by atoms with van der Waals surface area (Å²) in [6, 6.07) is 14.6. The molecule has 1 aromatic heterocycles. The quantitative estimate of drug-likeness (QED) is 0.247. The van der Waals surface area contributed by atoms with Gasteiger partial charge in [0.25, 0.3) is 0 Å². The first-order valence-corrected chi connectivity index (χ1v) is 14.3. The van der Waals surface area contributed by atoms with E-state index >= 15 is 0 Å². The predicted molar refractivity (Wildman–Crippen MR) is 165 cm³/mol. The molecule has 4 N–H and O–H groups in total. The van der Waals surface area contributed by atoms with Gasteiger partial charge in [-0.25, -0.2) is 9.78 Å². The summed E-state index contributed by atoms with van der Waals surface area (Å²) in [6.07, 6.45) is 2.40. The van der Waals surface area contributed by atoms with E-state index in [1.165, 1.54) is 18.2 Å². The van der Waals surface area contributed by atoms with Crippen molar-refractivity contribution < 1.29 is 33.8 Å². The van der Waals surface area contributed by atoms with Crippen molar-refractivity contribution in [2.45, 2.75) is 38.6 Å². The first kappa shape index (κ1) is 32.0. The fraction of sp³-hybridized carbons (Fsp3) is 0.344. The maximum absolute atomic E-state index is 13.1. The summed E-state index contributed by atoms with van der Waals surface area (Å²) in [5.41, 5.74) is 3.25. The molecule has 4 amide bonds. The maximum Gasteiger partial charge on any atom is 0.323 e. The van der Waals surface area contributed by atoms with Crippen LogP contribution in [-0.4, -0.2) is 66.2 Å². The van der Waals surface area contributed by atoms with Crippen LogP contribution in [0.25, 0.3) is 0 Å². The number of pyridine rings is 1. The Kier molecular flexibility index (Phi) is 10.9. The summed E-state index contributed by atoms with van der Waals surface area (Å²) < 4.78 is 10.8. The number of para-hydroxylation sites is 1. The van der Waals surface area contributed by atoms with Gasteiger partial charge in [0.1, 0.15) is 11.6 Å². The Morgan fingerprint density at radius 2 is 1.75 bits per heavy atom. The van der Waals surface area contributed by atoms with Crippen LogP contribution in [0.2, 0.25) is 0 Å². The number of methoxy groups -OCH3 is 1. The van der Waals surface area contributed by atoms with E-state index in [4.69, 9.17) is 9.47 Å². The van der Waals surface area contributed by atoms with Crippen LogP contribution in [-0.2, 0) is 25.5 Å². The van der Waals surface area contributed by atoms with Crippen molar-refractivity contribution in [3.8, 4) is 5.75 Å². The van der Waals surface area contributed by atoms with Gasteiger partial charge in [0.05, 0.1) is 31.7 Å². The number of carbonyl (C=O) groups excluding carboxylic acids is 3. The zero-order valence-corrected chi connectivity index (χ0v) is 25.0. The number of aromatic nitrogens is 1. The molecule has 4 rings (SSSR count). The number of ether oxygens (including phenoxy) is 2. The third kappa shape index (κ3) is 8.54. The lowest BCUT2D eigenvalue weighted by Gasteiger charge is -2.32. The van der Waals surface area contributed by atoms with Crippen molar-refractivity contribution in [2.24, 2.45) is 5.92 Å². The smallest absolute Gasteiger partial charge is 0.323 e. The van der Waals surface area contributed by atoms with Gasteiger partial charge in [-0.05, 0) is 60.7 Å². The number of rotatable bonds is 11. The van der Waals surface area contributed by atoms with E-state index in [9.17, 15) is 24.3 Å². The molecule has 0 bridgehead atoms. The minimum absolute atomic E-state index is 0.0134. The summed E-state index contributed by atoms with van der Waals surface area (Å²) in [5, 5.41) is 17.8. The molecular weight excluding hydrogens is 566 g/mol. The van der Waals surface area contributed by atoms with Gasteiger partial charge >= 0.3 is 12.0 Å². The number of carbonyl (C=O) groups is 4. The molecule has 1 unspecified atom stereocenters. The van der Waals surface area contributed by atoms with Crippen LogP contribution in [0.15, 0.2) is 60.8 Å². The molecule has 2 heterocycles. The lowest BCUT2D eigenvalue weighted by Crippen LogP contribution is -2.39. The minimum Gasteiger partial charge on any atom is -0.495 e. The Balaban J connectivity index is 1.37. The second kappa shape index (κ2) is 15.0. The van der Waals surface area contributed by atoms with E-state index in [2.05, 4.69) is 20.9 Å². The number of amides is 4. The Labute approximate surface area is 255 Å². The highest BCUT2D eigenvalue weighted by Gasteiger charge is 2.30. The van der Waals surface area contributed by atoms with Crippen molar-refractivity contribution in [1.82, 2.24) is 9.88 Å². The molecule has 1 saturated heterocycles. The summed E-state index contributed by atoms with van der Waals surface area (Å²) in [6.45, 7) is 2.90. The molecule has 2 aromatic carbocycles. The van der Waals surface area contributed by atoms with Crippen LogP contribution in [0.4, 0.5) is 22.0 Å². The number of aliphatic carboxylic acids is 1. The number of benzene rings is 2. The molecule has 1 fully saturated rings. The number of carboxylic acid groups (broad SMARTS) is 1. The van der Waals surface area contributed by atoms with Crippen molar-refractivity contribution in [2.75, 3.05) is 43.3 Å². The first-order valence-electron chi connectivity index (χ1n) is 14.3. The Bertz CT molecular complexity index is 1490. The van der Waals surface area contributed by atoms with Crippen LogP contribution in [0.5, 0.6) is 5.75 Å². The Hall–Kier alpha value is -4.97. The highest BCUT2D eigenvalue weighted by atomic mass is 16.5. The van der Waals surface area contributed by atoms with Crippen molar-refractivity contribution in [1.29, 1.82) is 0 Å². The third-order valence-electron chi connectivity index (χ3n) is 7.46. The van der Waals surface area contributed by atoms with Gasteiger partial charge in [-0.15, -0.1) is 0 Å². The topological polar surface area (TPSA) is 159 Å². The van der Waals surface area contributed by atoms with Gasteiger partial charge in [-0.3, -0.25) is 14.4 Å². The standard InChI is InChI=1S/C32H37N5O7/c1-20-6-4-5-7-24(20)34-32(42)35-25-10-8-21(16-27(25)43-3)17-29(38)36-28-11-9-23(19-33-28)26(18-30(39)40)37(2)31(41)22-12-14-44-15-13-22/h4-11,16,19,22,26H,12-15,17-18H2,1-3H3,(H,39,40)(H,33,36,38)(H2,34,35,42). The molecule has 0 spiro atoms. The number of hydrogen-bond donors (Lipinski definition) is 4. The monoisotopic (exact) mass is 603 g/mol. The van der Waals surface area contributed by atoms with Gasteiger partial charge in [-0.2, -0.15) is 0 Å². The molecule has 0 saturated carbocycles. The van der Waals surface area contributed by atoms with Crippen molar-refractivity contribution in [3.05, 3.63) is 77.5 Å². The first-order chi connectivity index (χ1) is 21.1. The zero-order valence-electron chi connectivity index (χ0n) is 25.0. The summed E-state index contributed by atoms with van der Waals surface area (Å²) in [4.78, 5) is 55.8. The number of nitrogens with one attached hydrogen (secondary N) is 3. The van der Waals surface area contributed by atoms with Crippen LogP contribution in [0.3, 0.4) is 0 Å². The molecule has 1 aliphatic heterocycles. The fourth-order valence-electron chi connectivity index (χ4n) is 5.02. The number of carboxylic acids is 1. The second-order valence-electron chi connectivity index (χ2n) is 10.6. The normalized spacial score (nSPS) is 13.8. The number of aryl methyl sites for hydroxylation is 1. The van der Waals surface area contributed by atoms with Crippen LogP contribution >= 0.6 is 0 Å². The van der Waals surface area contributed by atoms with Gasteiger partial charge < -0.3 is 35.4 Å². The molecule has 0 aliphatic carbocycles. The van der Waals surface area contributed by atoms with Gasteiger partial charge in [-0.1, -0.05) is 30.3 Å². The van der Waals surface area contributed by atoms with Crippen LogP contribution in [0.1, 0.15) is 42.0 Å². The van der Waals surface area contributed by atoms with Crippen molar-refractivity contribution >= 4 is 41.0 Å². The summed E-state index contributed by atoms with van der Waals surface area (Å²) >= 11 is 0. The molecule has 12 heteroatoms. The lowest BCUT2D eigenvalue weighted by atomic mass is 9.96. The Morgan fingerprint density at radius 1 is 1.02 bits per heavy atom.